The van der Waals surface area contributed by atoms with Crippen LogP contribution in [0.4, 0.5) is 0 Å². The van der Waals surface area contributed by atoms with Crippen LogP contribution >= 0.6 is 11.3 Å². The number of para-hydroxylation sites is 2. The number of benzene rings is 8. The molecule has 0 saturated heterocycles. The smallest absolute Gasteiger partial charge is 0.236 e. The van der Waals surface area contributed by atoms with Gasteiger partial charge in [-0.05, 0) is 71.8 Å². The van der Waals surface area contributed by atoms with Crippen LogP contribution in [-0.4, -0.2) is 18.9 Å². The molecule has 0 aliphatic heterocycles. The second-order valence-electron chi connectivity index (χ2n) is 15.6. The summed E-state index contributed by atoms with van der Waals surface area (Å²) in [4.78, 5) is 12.0. The fourth-order valence-electron chi connectivity index (χ4n) is 10.3. The molecule has 7 heteroatoms. The van der Waals surface area contributed by atoms with Crippen LogP contribution in [0.3, 0.4) is 0 Å². The zero-order valence-corrected chi connectivity index (χ0v) is 31.8. The Hall–Kier alpha value is -7.74. The van der Waals surface area contributed by atoms with E-state index >= 15 is 0 Å². The van der Waals surface area contributed by atoms with E-state index in [9.17, 15) is 0 Å². The van der Waals surface area contributed by atoms with E-state index in [0.717, 1.165) is 98.4 Å². The summed E-state index contributed by atoms with van der Waals surface area (Å²) >= 11 is 1.72. The molecule has 0 N–H and O–H groups in total. The molecule has 0 aliphatic rings. The molecule has 59 heavy (non-hydrogen) atoms. The first-order valence-corrected chi connectivity index (χ1v) is 20.6. The Balaban J connectivity index is 1.03. The van der Waals surface area contributed by atoms with Gasteiger partial charge in [0.2, 0.25) is 5.95 Å². The van der Waals surface area contributed by atoms with Crippen molar-refractivity contribution >= 4 is 125 Å². The van der Waals surface area contributed by atoms with E-state index in [4.69, 9.17) is 18.8 Å². The maximum Gasteiger partial charge on any atom is 0.236 e. The lowest BCUT2D eigenvalue weighted by Crippen LogP contribution is -2.02. The zero-order chi connectivity index (χ0) is 38.1. The van der Waals surface area contributed by atoms with Gasteiger partial charge >= 0.3 is 0 Å². The molecule has 0 amide bonds. The number of hydrogen-bond acceptors (Lipinski definition) is 5. The maximum absolute atomic E-state index is 6.64. The third kappa shape index (κ3) is 3.73. The van der Waals surface area contributed by atoms with Crippen LogP contribution in [0.1, 0.15) is 0 Å². The first-order valence-electron chi connectivity index (χ1n) is 19.8. The van der Waals surface area contributed by atoms with Crippen molar-refractivity contribution in [3.8, 4) is 28.3 Å². The summed E-state index contributed by atoms with van der Waals surface area (Å²) in [6, 6.07) is 56.0. The SMILES string of the molecule is c1ccc2c(c1)oc1cccc(-c3ccc(-c4nc(-n5c6ccc7oc8ccc9c%10ccccc%10n%10c%11cccc5c%11c6c7c8c9%10)nc5sc6ccccc6c45)cc3)c12. The normalized spacial score (nSPS) is 12.7. The third-order valence-corrected chi connectivity index (χ3v) is 13.8. The molecule has 15 aromatic rings. The fraction of sp³-hybridized carbons (Fsp3) is 0. The summed E-state index contributed by atoms with van der Waals surface area (Å²) in [6.07, 6.45) is 0. The average molecular weight is 771 g/mol. The van der Waals surface area contributed by atoms with Gasteiger partial charge in [-0.3, -0.25) is 4.57 Å². The lowest BCUT2D eigenvalue weighted by Gasteiger charge is -2.11. The minimum Gasteiger partial charge on any atom is -0.456 e. The van der Waals surface area contributed by atoms with E-state index in [1.165, 1.54) is 37.3 Å². The van der Waals surface area contributed by atoms with Crippen molar-refractivity contribution in [2.75, 3.05) is 0 Å². The minimum absolute atomic E-state index is 0.644. The molecule has 0 unspecified atom stereocenters. The third-order valence-electron chi connectivity index (χ3n) is 12.7. The highest BCUT2D eigenvalue weighted by Crippen LogP contribution is 2.49. The van der Waals surface area contributed by atoms with Gasteiger partial charge in [-0.2, -0.15) is 0 Å². The molecule has 6 nitrogen and oxygen atoms in total. The van der Waals surface area contributed by atoms with Gasteiger partial charge in [0.05, 0.1) is 38.7 Å². The predicted octanol–water partition coefficient (Wildman–Crippen LogP) is 14.5. The summed E-state index contributed by atoms with van der Waals surface area (Å²) < 4.78 is 18.8. The topological polar surface area (TPSA) is 61.4 Å². The number of hydrogen-bond donors (Lipinski definition) is 0. The fourth-order valence-corrected chi connectivity index (χ4v) is 11.4. The summed E-state index contributed by atoms with van der Waals surface area (Å²) in [5, 5.41) is 11.6. The summed E-state index contributed by atoms with van der Waals surface area (Å²) in [5.41, 5.74) is 13.4. The van der Waals surface area contributed by atoms with Crippen LogP contribution in [0.5, 0.6) is 0 Å². The van der Waals surface area contributed by atoms with Gasteiger partial charge in [-0.15, -0.1) is 11.3 Å². The first kappa shape index (κ1) is 30.4. The molecule has 7 heterocycles. The highest BCUT2D eigenvalue weighted by Gasteiger charge is 2.27. The first-order chi connectivity index (χ1) is 29.3. The van der Waals surface area contributed by atoms with Crippen molar-refractivity contribution in [3.05, 3.63) is 158 Å². The maximum atomic E-state index is 6.64. The van der Waals surface area contributed by atoms with Gasteiger partial charge in [-0.1, -0.05) is 97.1 Å². The summed E-state index contributed by atoms with van der Waals surface area (Å²) in [6.45, 7) is 0. The molecule has 272 valence electrons. The monoisotopic (exact) mass is 770 g/mol. The molecule has 0 radical (unpaired) electrons. The van der Waals surface area contributed by atoms with E-state index in [0.29, 0.717) is 5.95 Å². The van der Waals surface area contributed by atoms with Crippen LogP contribution in [0, 0.1) is 0 Å². The lowest BCUT2D eigenvalue weighted by atomic mass is 9.97. The van der Waals surface area contributed by atoms with Crippen LogP contribution in [0.2, 0.25) is 0 Å². The van der Waals surface area contributed by atoms with E-state index < -0.39 is 0 Å². The molecular weight excluding hydrogens is 745 g/mol. The Bertz CT molecular complexity index is 4250. The van der Waals surface area contributed by atoms with Crippen molar-refractivity contribution in [3.63, 3.8) is 0 Å². The Kier molecular flexibility index (Phi) is 5.46. The number of nitrogens with zero attached hydrogens (tertiary/aromatic N) is 4. The molecule has 0 atom stereocenters. The summed E-state index contributed by atoms with van der Waals surface area (Å²) in [7, 11) is 0. The molecule has 8 aromatic carbocycles. The minimum atomic E-state index is 0.644. The van der Waals surface area contributed by atoms with Crippen molar-refractivity contribution in [2.45, 2.75) is 0 Å². The van der Waals surface area contributed by atoms with Crippen molar-refractivity contribution < 1.29 is 8.83 Å². The van der Waals surface area contributed by atoms with E-state index in [-0.39, 0.29) is 0 Å². The highest BCUT2D eigenvalue weighted by atomic mass is 32.1. The highest BCUT2D eigenvalue weighted by molar-refractivity contribution is 7.25. The van der Waals surface area contributed by atoms with Gasteiger partial charge in [0, 0.05) is 58.7 Å². The number of furan rings is 2. The Labute approximate surface area is 337 Å². The molecular formula is C52H26N4O2S. The van der Waals surface area contributed by atoms with Gasteiger partial charge in [-0.25, -0.2) is 9.97 Å². The second-order valence-corrected chi connectivity index (χ2v) is 16.7. The Morgan fingerprint density at radius 1 is 0.407 bits per heavy atom. The number of thiophene rings is 1. The van der Waals surface area contributed by atoms with E-state index in [1.54, 1.807) is 11.3 Å². The van der Waals surface area contributed by atoms with Crippen molar-refractivity contribution in [1.29, 1.82) is 0 Å². The van der Waals surface area contributed by atoms with Crippen LogP contribution < -0.4 is 0 Å². The van der Waals surface area contributed by atoms with Crippen LogP contribution in [0.25, 0.3) is 142 Å². The molecule has 0 bridgehead atoms. The molecule has 0 spiro atoms. The molecule has 15 rings (SSSR count). The number of fused-ring (bicyclic) bond motifs is 10. The Morgan fingerprint density at radius 3 is 2.02 bits per heavy atom. The molecule has 0 saturated carbocycles. The van der Waals surface area contributed by atoms with Gasteiger partial charge in [0.25, 0.3) is 0 Å². The predicted molar refractivity (Wildman–Crippen MR) is 243 cm³/mol. The van der Waals surface area contributed by atoms with Gasteiger partial charge in [0.1, 0.15) is 27.2 Å². The van der Waals surface area contributed by atoms with Crippen molar-refractivity contribution in [2.24, 2.45) is 0 Å². The van der Waals surface area contributed by atoms with E-state index in [2.05, 4.69) is 155 Å². The second kappa shape index (κ2) is 10.6. The summed E-state index contributed by atoms with van der Waals surface area (Å²) in [5.74, 6) is 0.644. The van der Waals surface area contributed by atoms with E-state index in [1.807, 2.05) is 12.1 Å². The number of rotatable bonds is 3. The van der Waals surface area contributed by atoms with Gasteiger partial charge < -0.3 is 13.2 Å². The van der Waals surface area contributed by atoms with Crippen LogP contribution in [-0.2, 0) is 0 Å². The zero-order valence-electron chi connectivity index (χ0n) is 31.0. The molecule has 7 aromatic heterocycles. The van der Waals surface area contributed by atoms with Crippen molar-refractivity contribution in [1.82, 2.24) is 18.9 Å². The molecule has 0 fully saturated rings. The standard InChI is InChI=1S/C52H26N4O2S/c1-4-13-34-30(9-1)31-23-25-41-48-47-40(58-41)26-24-37-46(47)45-35(55(34)50(31)48)14-8-15-36(45)56(37)52-53-49(44-33-11-3-6-18-42(33)59-51(44)54-52)28-21-19-27(20-22-28)29-12-7-17-39-43(29)32-10-2-5-16-38(32)57-39/h1-26H. The molecule has 0 aliphatic carbocycles. The number of aromatic nitrogens is 4. The lowest BCUT2D eigenvalue weighted by molar-refractivity contribution is 0.669. The van der Waals surface area contributed by atoms with Gasteiger partial charge in [0.15, 0.2) is 0 Å². The average Bonchev–Trinajstić information content (AvgIpc) is 4.08. The quantitative estimate of drug-likeness (QED) is 0.179. The largest absolute Gasteiger partial charge is 0.456 e. The van der Waals surface area contributed by atoms with Crippen LogP contribution in [0.15, 0.2) is 167 Å². The Morgan fingerprint density at radius 2 is 1.08 bits per heavy atom.